The van der Waals surface area contributed by atoms with Gasteiger partial charge >= 0.3 is 0 Å². The monoisotopic (exact) mass is 281 g/mol. The van der Waals surface area contributed by atoms with Crippen molar-refractivity contribution in [2.24, 2.45) is 5.92 Å². The van der Waals surface area contributed by atoms with Gasteiger partial charge in [-0.25, -0.2) is 0 Å². The Morgan fingerprint density at radius 1 is 1.25 bits per heavy atom. The smallest absolute Gasteiger partial charge is 0.244 e. The van der Waals surface area contributed by atoms with E-state index in [0.717, 1.165) is 45.3 Å². The summed E-state index contributed by atoms with van der Waals surface area (Å²) in [6, 6.07) is -0.560. The van der Waals surface area contributed by atoms with Crippen LogP contribution in [0, 0.1) is 5.92 Å². The minimum absolute atomic E-state index is 0.0330. The van der Waals surface area contributed by atoms with Crippen LogP contribution in [0.3, 0.4) is 0 Å². The van der Waals surface area contributed by atoms with Gasteiger partial charge in [0.25, 0.3) is 0 Å². The van der Waals surface area contributed by atoms with E-state index < -0.39 is 6.04 Å². The Kier molecular flexibility index (Phi) is 5.40. The largest absolute Gasteiger partial charge is 0.343 e. The second-order valence-corrected chi connectivity index (χ2v) is 6.25. The highest BCUT2D eigenvalue weighted by Crippen LogP contribution is 2.15. The van der Waals surface area contributed by atoms with Gasteiger partial charge in [0.15, 0.2) is 0 Å². The van der Waals surface area contributed by atoms with Gasteiger partial charge in [-0.2, -0.15) is 0 Å². The molecule has 0 saturated carbocycles. The SMILES string of the molecule is CC1CCNC(C(=O)NC(C)C(=O)N2CCCCC2)C1. The van der Waals surface area contributed by atoms with Crippen LogP contribution in [0.2, 0.25) is 0 Å². The molecule has 2 heterocycles. The molecule has 2 fully saturated rings. The lowest BCUT2D eigenvalue weighted by Crippen LogP contribution is -2.54. The van der Waals surface area contributed by atoms with Gasteiger partial charge in [0.2, 0.25) is 11.8 Å². The van der Waals surface area contributed by atoms with Crippen LogP contribution in [-0.4, -0.2) is 48.4 Å². The number of hydrogen-bond donors (Lipinski definition) is 2. The van der Waals surface area contributed by atoms with Crippen LogP contribution in [-0.2, 0) is 9.59 Å². The molecule has 2 rings (SSSR count). The van der Waals surface area contributed by atoms with E-state index in [9.17, 15) is 9.59 Å². The number of nitrogens with one attached hydrogen (secondary N) is 2. The van der Waals surface area contributed by atoms with Crippen molar-refractivity contribution in [3.05, 3.63) is 0 Å². The molecule has 20 heavy (non-hydrogen) atoms. The molecule has 2 saturated heterocycles. The fraction of sp³-hybridized carbons (Fsp3) is 0.867. The van der Waals surface area contributed by atoms with E-state index in [4.69, 9.17) is 0 Å². The van der Waals surface area contributed by atoms with Gasteiger partial charge in [0.05, 0.1) is 6.04 Å². The topological polar surface area (TPSA) is 61.4 Å². The van der Waals surface area contributed by atoms with Crippen molar-refractivity contribution in [2.75, 3.05) is 19.6 Å². The van der Waals surface area contributed by atoms with E-state index in [1.165, 1.54) is 6.42 Å². The Balaban J connectivity index is 1.81. The first kappa shape index (κ1) is 15.3. The summed E-state index contributed by atoms with van der Waals surface area (Å²) in [5, 5.41) is 6.11. The highest BCUT2D eigenvalue weighted by atomic mass is 16.2. The molecule has 2 amide bonds. The van der Waals surface area contributed by atoms with Crippen molar-refractivity contribution in [3.8, 4) is 0 Å². The molecule has 2 aliphatic heterocycles. The number of piperidine rings is 2. The number of carbonyl (C=O) groups is 2. The fourth-order valence-electron chi connectivity index (χ4n) is 3.07. The van der Waals surface area contributed by atoms with E-state index in [0.29, 0.717) is 5.92 Å². The molecule has 0 aromatic rings. The highest BCUT2D eigenvalue weighted by Gasteiger charge is 2.28. The molecule has 114 valence electrons. The van der Waals surface area contributed by atoms with Gasteiger partial charge in [-0.3, -0.25) is 9.59 Å². The third kappa shape index (κ3) is 3.95. The average molecular weight is 281 g/mol. The number of nitrogens with zero attached hydrogens (tertiary/aromatic N) is 1. The van der Waals surface area contributed by atoms with Crippen LogP contribution in [0.4, 0.5) is 0 Å². The summed E-state index contributed by atoms with van der Waals surface area (Å²) in [4.78, 5) is 26.3. The maximum atomic E-state index is 12.3. The zero-order chi connectivity index (χ0) is 14.5. The van der Waals surface area contributed by atoms with Gasteiger partial charge in [-0.1, -0.05) is 6.92 Å². The Bertz CT molecular complexity index is 353. The molecular formula is C15H27N3O2. The molecular weight excluding hydrogens is 254 g/mol. The quantitative estimate of drug-likeness (QED) is 0.808. The lowest BCUT2D eigenvalue weighted by molar-refractivity contribution is -0.137. The first-order chi connectivity index (χ1) is 9.58. The van der Waals surface area contributed by atoms with Crippen molar-refractivity contribution < 1.29 is 9.59 Å². The van der Waals surface area contributed by atoms with E-state index in [-0.39, 0.29) is 17.9 Å². The Labute approximate surface area is 121 Å². The van der Waals surface area contributed by atoms with E-state index in [1.807, 2.05) is 4.90 Å². The van der Waals surface area contributed by atoms with Crippen molar-refractivity contribution in [1.29, 1.82) is 0 Å². The summed E-state index contributed by atoms with van der Waals surface area (Å²) in [7, 11) is 0. The highest BCUT2D eigenvalue weighted by molar-refractivity contribution is 5.89. The molecule has 0 aliphatic carbocycles. The van der Waals surface area contributed by atoms with Crippen LogP contribution >= 0.6 is 0 Å². The lowest BCUT2D eigenvalue weighted by atomic mass is 9.94. The number of rotatable bonds is 3. The van der Waals surface area contributed by atoms with E-state index in [2.05, 4.69) is 17.6 Å². The molecule has 0 bridgehead atoms. The Morgan fingerprint density at radius 2 is 1.95 bits per heavy atom. The van der Waals surface area contributed by atoms with E-state index in [1.54, 1.807) is 6.92 Å². The van der Waals surface area contributed by atoms with Crippen molar-refractivity contribution >= 4 is 11.8 Å². The lowest BCUT2D eigenvalue weighted by Gasteiger charge is -2.31. The summed E-state index contributed by atoms with van der Waals surface area (Å²) in [6.45, 7) is 6.51. The van der Waals surface area contributed by atoms with Crippen LogP contribution in [0.5, 0.6) is 0 Å². The van der Waals surface area contributed by atoms with Gasteiger partial charge in [0.1, 0.15) is 6.04 Å². The number of likely N-dealkylation sites (tertiary alicyclic amines) is 1. The maximum Gasteiger partial charge on any atom is 0.244 e. The van der Waals surface area contributed by atoms with Crippen LogP contribution in [0.15, 0.2) is 0 Å². The Hall–Kier alpha value is -1.10. The fourth-order valence-corrected chi connectivity index (χ4v) is 3.07. The minimum Gasteiger partial charge on any atom is -0.343 e. The third-order valence-corrected chi connectivity index (χ3v) is 4.38. The molecule has 2 aliphatic rings. The zero-order valence-corrected chi connectivity index (χ0v) is 12.7. The summed E-state index contributed by atoms with van der Waals surface area (Å²) in [5.74, 6) is 0.594. The van der Waals surface area contributed by atoms with Crippen molar-refractivity contribution in [3.63, 3.8) is 0 Å². The molecule has 3 atom stereocenters. The zero-order valence-electron chi connectivity index (χ0n) is 12.7. The van der Waals surface area contributed by atoms with Gasteiger partial charge in [-0.15, -0.1) is 0 Å². The summed E-state index contributed by atoms with van der Waals surface area (Å²) in [5.41, 5.74) is 0. The minimum atomic E-state index is -0.417. The first-order valence-electron chi connectivity index (χ1n) is 7.90. The maximum absolute atomic E-state index is 12.3. The molecule has 0 radical (unpaired) electrons. The predicted octanol–water partition coefficient (Wildman–Crippen LogP) is 0.892. The molecule has 5 heteroatoms. The summed E-state index contributed by atoms with van der Waals surface area (Å²) < 4.78 is 0. The van der Waals surface area contributed by atoms with Crippen molar-refractivity contribution in [2.45, 2.75) is 58.0 Å². The molecule has 3 unspecified atom stereocenters. The number of amides is 2. The van der Waals surface area contributed by atoms with Crippen LogP contribution < -0.4 is 10.6 Å². The van der Waals surface area contributed by atoms with Gasteiger partial charge in [-0.05, 0) is 51.5 Å². The average Bonchev–Trinajstić information content (AvgIpc) is 2.47. The van der Waals surface area contributed by atoms with Gasteiger partial charge < -0.3 is 15.5 Å². The normalized spacial score (nSPS) is 28.8. The third-order valence-electron chi connectivity index (χ3n) is 4.38. The number of carbonyl (C=O) groups excluding carboxylic acids is 2. The number of hydrogen-bond acceptors (Lipinski definition) is 3. The standard InChI is InChI=1S/C15H27N3O2/c1-11-6-7-16-13(10-11)14(19)17-12(2)15(20)18-8-4-3-5-9-18/h11-13,16H,3-10H2,1-2H3,(H,17,19). The van der Waals surface area contributed by atoms with E-state index >= 15 is 0 Å². The van der Waals surface area contributed by atoms with Gasteiger partial charge in [0, 0.05) is 13.1 Å². The predicted molar refractivity (Wildman–Crippen MR) is 78.2 cm³/mol. The summed E-state index contributed by atoms with van der Waals surface area (Å²) in [6.07, 6.45) is 5.33. The second kappa shape index (κ2) is 7.07. The molecule has 0 aromatic carbocycles. The van der Waals surface area contributed by atoms with Crippen LogP contribution in [0.1, 0.15) is 46.0 Å². The molecule has 2 N–H and O–H groups in total. The first-order valence-corrected chi connectivity index (χ1v) is 7.90. The summed E-state index contributed by atoms with van der Waals surface area (Å²) >= 11 is 0. The molecule has 5 nitrogen and oxygen atoms in total. The Morgan fingerprint density at radius 3 is 2.60 bits per heavy atom. The van der Waals surface area contributed by atoms with Crippen molar-refractivity contribution in [1.82, 2.24) is 15.5 Å². The molecule has 0 spiro atoms. The van der Waals surface area contributed by atoms with Crippen LogP contribution in [0.25, 0.3) is 0 Å². The second-order valence-electron chi connectivity index (χ2n) is 6.25. The molecule has 0 aromatic heterocycles.